The number of nitrogens with zero attached hydrogens (tertiary/aromatic N) is 5. The molecule has 0 saturated carbocycles. The minimum absolute atomic E-state index is 0.586. The molecule has 0 spiro atoms. The van der Waals surface area contributed by atoms with Crippen LogP contribution >= 0.6 is 7.29 Å². The van der Waals surface area contributed by atoms with E-state index in [4.69, 9.17) is 15.0 Å². The summed E-state index contributed by atoms with van der Waals surface area (Å²) in [5, 5.41) is 3.85. The van der Waals surface area contributed by atoms with Crippen LogP contribution in [0.4, 0.5) is 11.4 Å². The van der Waals surface area contributed by atoms with Crippen molar-refractivity contribution >= 4 is 51.1 Å². The Hall–Kier alpha value is -7.40. The van der Waals surface area contributed by atoms with Gasteiger partial charge in [0, 0.05) is 55.0 Å². The van der Waals surface area contributed by atoms with Crippen LogP contribution in [0.5, 0.6) is 0 Å². The van der Waals surface area contributed by atoms with Crippen LogP contribution in [-0.4, -0.2) is 19.5 Å². The molecule has 2 aromatic heterocycles. The van der Waals surface area contributed by atoms with Crippen LogP contribution in [0, 0.1) is 0 Å². The Morgan fingerprint density at radius 1 is 0.397 bits per heavy atom. The van der Waals surface area contributed by atoms with Crippen molar-refractivity contribution in [2.75, 3.05) is 4.67 Å². The Bertz CT molecular complexity index is 3150. The van der Waals surface area contributed by atoms with Crippen LogP contribution in [0.25, 0.3) is 72.8 Å². The maximum atomic E-state index is 16.2. The minimum atomic E-state index is -3.43. The summed E-state index contributed by atoms with van der Waals surface area (Å²) in [7, 11) is -3.43. The van der Waals surface area contributed by atoms with E-state index in [9.17, 15) is 0 Å². The highest BCUT2D eigenvalue weighted by atomic mass is 31.2. The number of hydrogen-bond donors (Lipinski definition) is 0. The van der Waals surface area contributed by atoms with Crippen LogP contribution in [0.3, 0.4) is 0 Å². The first-order valence-corrected chi connectivity index (χ1v) is 21.0. The Labute approximate surface area is 335 Å². The van der Waals surface area contributed by atoms with E-state index in [-0.39, 0.29) is 0 Å². The molecule has 10 aromatic rings. The molecule has 0 aliphatic carbocycles. The molecule has 0 saturated heterocycles. The normalized spacial score (nSPS) is 14.7. The first-order chi connectivity index (χ1) is 28.6. The summed E-state index contributed by atoms with van der Waals surface area (Å²) >= 11 is 0. The van der Waals surface area contributed by atoms with E-state index >= 15 is 4.57 Å². The molecule has 0 radical (unpaired) electrons. The van der Waals surface area contributed by atoms with Crippen molar-refractivity contribution in [3.8, 4) is 51.0 Å². The van der Waals surface area contributed by atoms with Gasteiger partial charge in [-0.25, -0.2) is 15.0 Å². The highest BCUT2D eigenvalue weighted by molar-refractivity contribution is 7.80. The van der Waals surface area contributed by atoms with Gasteiger partial charge in [-0.1, -0.05) is 146 Å². The highest BCUT2D eigenvalue weighted by Crippen LogP contribution is 2.61. The summed E-state index contributed by atoms with van der Waals surface area (Å²) in [4.78, 5) is 15.0. The summed E-state index contributed by atoms with van der Waals surface area (Å²) in [6.45, 7) is 0. The number of aromatic nitrogens is 4. The number of rotatable bonds is 6. The average Bonchev–Trinajstić information content (AvgIpc) is 3.63. The molecule has 0 fully saturated rings. The molecule has 7 heteroatoms. The number of anilines is 2. The van der Waals surface area contributed by atoms with Gasteiger partial charge in [-0.3, -0.25) is 9.24 Å². The molecule has 3 heterocycles. The lowest BCUT2D eigenvalue weighted by Gasteiger charge is -2.40. The van der Waals surface area contributed by atoms with Crippen molar-refractivity contribution in [1.29, 1.82) is 0 Å². The molecular weight excluding hydrogens is 730 g/mol. The minimum Gasteiger partial charge on any atom is -0.309 e. The van der Waals surface area contributed by atoms with E-state index < -0.39 is 7.29 Å². The van der Waals surface area contributed by atoms with E-state index in [0.29, 0.717) is 17.5 Å². The zero-order valence-corrected chi connectivity index (χ0v) is 32.1. The second kappa shape index (κ2) is 13.7. The lowest BCUT2D eigenvalue weighted by atomic mass is 9.99. The monoisotopic (exact) mass is 763 g/mol. The Kier molecular flexibility index (Phi) is 7.98. The summed E-state index contributed by atoms with van der Waals surface area (Å²) in [6.07, 6.45) is 0. The molecule has 1 aliphatic rings. The summed E-state index contributed by atoms with van der Waals surface area (Å²) in [5.74, 6) is 1.81. The van der Waals surface area contributed by atoms with Crippen molar-refractivity contribution < 1.29 is 4.57 Å². The molecule has 1 unspecified atom stereocenters. The van der Waals surface area contributed by atoms with E-state index in [2.05, 4.69) is 88.1 Å². The number of benzene rings is 8. The predicted molar refractivity (Wildman–Crippen MR) is 238 cm³/mol. The van der Waals surface area contributed by atoms with Crippen LogP contribution < -0.4 is 15.3 Å². The first kappa shape index (κ1) is 33.9. The lowest BCUT2D eigenvalue weighted by Crippen LogP contribution is -2.33. The SMILES string of the molecule is O=P1(c2ccccc2)c2ccccc2-c2cc3c4ccccc4n(-c4cccc(-c5nc(-c6ccccc6)nc(-c6ccccc6)n5)c4)c3cc2N1c1ccccc1. The highest BCUT2D eigenvalue weighted by Gasteiger charge is 2.43. The molecule has 8 aromatic carbocycles. The van der Waals surface area contributed by atoms with Gasteiger partial charge in [0.05, 0.1) is 16.7 Å². The lowest BCUT2D eigenvalue weighted by molar-refractivity contribution is 0.587. The quantitative estimate of drug-likeness (QED) is 0.158. The van der Waals surface area contributed by atoms with Crippen molar-refractivity contribution in [2.24, 2.45) is 0 Å². The topological polar surface area (TPSA) is 63.9 Å². The smallest absolute Gasteiger partial charge is 0.234 e. The fourth-order valence-corrected chi connectivity index (χ4v) is 11.4. The van der Waals surface area contributed by atoms with Crippen LogP contribution in [0.2, 0.25) is 0 Å². The third kappa shape index (κ3) is 5.42. The number of hydrogen-bond acceptors (Lipinski definition) is 4. The van der Waals surface area contributed by atoms with Gasteiger partial charge in [-0.2, -0.15) is 0 Å². The van der Waals surface area contributed by atoms with Gasteiger partial charge in [0.15, 0.2) is 17.5 Å². The third-order valence-corrected chi connectivity index (χ3v) is 14.0. The average molecular weight is 764 g/mol. The van der Waals surface area contributed by atoms with E-state index in [0.717, 1.165) is 77.3 Å². The van der Waals surface area contributed by atoms with Crippen molar-refractivity contribution in [1.82, 2.24) is 19.5 Å². The molecule has 0 amide bonds. The number of fused-ring (bicyclic) bond motifs is 6. The fraction of sp³-hybridized carbons (Fsp3) is 0. The predicted octanol–water partition coefficient (Wildman–Crippen LogP) is 12.0. The van der Waals surface area contributed by atoms with Gasteiger partial charge in [-0.05, 0) is 66.2 Å². The van der Waals surface area contributed by atoms with Gasteiger partial charge in [0.25, 0.3) is 0 Å². The van der Waals surface area contributed by atoms with Crippen molar-refractivity contribution in [3.63, 3.8) is 0 Å². The molecule has 1 aliphatic heterocycles. The second-order valence-corrected chi connectivity index (χ2v) is 17.0. The maximum absolute atomic E-state index is 16.2. The molecule has 0 bridgehead atoms. The molecular formula is C51H34N5OP. The number of para-hydroxylation sites is 2. The van der Waals surface area contributed by atoms with E-state index in [1.165, 1.54) is 0 Å². The van der Waals surface area contributed by atoms with Crippen molar-refractivity contribution in [2.45, 2.75) is 0 Å². The Morgan fingerprint density at radius 2 is 0.931 bits per heavy atom. The summed E-state index contributed by atoms with van der Waals surface area (Å²) in [6, 6.07) is 69.8. The standard InChI is InChI=1S/C51H34N5OP/c57-58(40-26-11-4-12-27-40)48-31-16-14-29-42(48)44-33-43-41-28-13-15-30-45(41)55(46(43)34-47(44)56(58)38-23-9-3-10-24-38)39-25-17-22-37(32-39)51-53-49(35-18-5-1-6-19-35)52-50(54-51)36-20-7-2-8-21-36/h1-34H. The Morgan fingerprint density at radius 3 is 1.62 bits per heavy atom. The van der Waals surface area contributed by atoms with E-state index in [1.807, 2.05) is 127 Å². The molecule has 11 rings (SSSR count). The zero-order valence-electron chi connectivity index (χ0n) is 31.2. The second-order valence-electron chi connectivity index (χ2n) is 14.4. The van der Waals surface area contributed by atoms with Gasteiger partial charge in [0.2, 0.25) is 7.29 Å². The first-order valence-electron chi connectivity index (χ1n) is 19.3. The zero-order chi connectivity index (χ0) is 38.6. The molecule has 6 nitrogen and oxygen atoms in total. The van der Waals surface area contributed by atoms with Crippen LogP contribution in [-0.2, 0) is 4.57 Å². The van der Waals surface area contributed by atoms with Gasteiger partial charge in [-0.15, -0.1) is 0 Å². The molecule has 1 atom stereocenters. The molecule has 58 heavy (non-hydrogen) atoms. The van der Waals surface area contributed by atoms with Crippen LogP contribution in [0.1, 0.15) is 0 Å². The largest absolute Gasteiger partial charge is 0.309 e. The van der Waals surface area contributed by atoms with Gasteiger partial charge < -0.3 is 4.57 Å². The fourth-order valence-electron chi connectivity index (χ4n) is 8.38. The van der Waals surface area contributed by atoms with Crippen LogP contribution in [0.15, 0.2) is 206 Å². The van der Waals surface area contributed by atoms with Crippen molar-refractivity contribution in [3.05, 3.63) is 206 Å². The van der Waals surface area contributed by atoms with Gasteiger partial charge in [0.1, 0.15) is 0 Å². The third-order valence-electron chi connectivity index (χ3n) is 11.0. The summed E-state index contributed by atoms with van der Waals surface area (Å²) in [5.41, 5.74) is 9.51. The summed E-state index contributed by atoms with van der Waals surface area (Å²) < 4.78 is 20.6. The Balaban J connectivity index is 1.16. The molecule has 0 N–H and O–H groups in total. The molecule has 274 valence electrons. The van der Waals surface area contributed by atoms with Gasteiger partial charge >= 0.3 is 0 Å². The van der Waals surface area contributed by atoms with E-state index in [1.54, 1.807) is 0 Å². The maximum Gasteiger partial charge on any atom is 0.234 e.